The van der Waals surface area contributed by atoms with E-state index in [1.807, 2.05) is 0 Å². The molecule has 0 radical (unpaired) electrons. The Bertz CT molecular complexity index is 859. The van der Waals surface area contributed by atoms with Crippen LogP contribution in [-0.2, 0) is 28.5 Å². The summed E-state index contributed by atoms with van der Waals surface area (Å²) in [5.41, 5.74) is 0. The molecule has 0 aromatic carbocycles. The van der Waals surface area contributed by atoms with Crippen LogP contribution in [0.2, 0.25) is 5.22 Å². The van der Waals surface area contributed by atoms with Gasteiger partial charge in [0.1, 0.15) is 24.1 Å². The average molecular weight is 426 g/mol. The highest BCUT2D eigenvalue weighted by molar-refractivity contribution is 6.28. The van der Waals surface area contributed by atoms with Crippen LogP contribution >= 0.6 is 11.6 Å². The number of hydrogen-bond acceptors (Lipinski definition) is 7. The number of ether oxygens (including phenoxy) is 5. The first kappa shape index (κ1) is 20.7. The average Bonchev–Trinajstić information content (AvgIpc) is 3.28. The fourth-order valence-corrected chi connectivity index (χ4v) is 4.78. The minimum atomic E-state index is -1.30. The Morgan fingerprint density at radius 2 is 1.86 bits per heavy atom. The molecule has 3 heterocycles. The number of carbonyl (C=O) groups is 1. The first-order valence-electron chi connectivity index (χ1n) is 9.33. The molecule has 6 atom stereocenters. The van der Waals surface area contributed by atoms with Gasteiger partial charge in [-0.05, 0) is 57.3 Å². The van der Waals surface area contributed by atoms with Crippen molar-refractivity contribution in [3.8, 4) is 12.3 Å². The summed E-state index contributed by atoms with van der Waals surface area (Å²) >= 11 is 6.04. The minimum absolute atomic E-state index is 0.203. The van der Waals surface area contributed by atoms with Crippen molar-refractivity contribution in [2.75, 3.05) is 7.11 Å². The number of terminal acetylenes is 1. The molecule has 0 unspecified atom stereocenters. The van der Waals surface area contributed by atoms with Crippen LogP contribution in [0.1, 0.15) is 39.4 Å². The van der Waals surface area contributed by atoms with Crippen LogP contribution in [0.15, 0.2) is 16.5 Å². The third kappa shape index (κ3) is 3.26. The monoisotopic (exact) mass is 425 g/mol. The predicted octanol–water partition coefficient (Wildman–Crippen LogP) is 2.16. The highest BCUT2D eigenvalue weighted by atomic mass is 35.5. The Labute approximate surface area is 174 Å². The van der Waals surface area contributed by atoms with Crippen molar-refractivity contribution < 1.29 is 32.9 Å². The standard InChI is InChI=1S/C20H24ClNO7/c1-7-12(23)22-14-13(10-8-9-11(21)25-10)16-20(24-6,29-19(4,5)27-16)17-15(14)26-18(2,3)28-17/h1,8-9,13-17H,2-6H3,(H,22,23)/t13-,14-,15+,16-,17+,20-/m1/s1. The molecule has 9 heteroatoms. The van der Waals surface area contributed by atoms with Crippen molar-refractivity contribution in [3.63, 3.8) is 0 Å². The number of carbonyl (C=O) groups excluding carboxylic acids is 1. The van der Waals surface area contributed by atoms with Gasteiger partial charge in [0.15, 0.2) is 16.8 Å². The van der Waals surface area contributed by atoms with Gasteiger partial charge in [-0.1, -0.05) is 0 Å². The van der Waals surface area contributed by atoms with E-state index in [2.05, 4.69) is 11.2 Å². The number of rotatable bonds is 3. The van der Waals surface area contributed by atoms with Crippen LogP contribution in [0.25, 0.3) is 0 Å². The summed E-state index contributed by atoms with van der Waals surface area (Å²) in [5, 5.41) is 3.05. The van der Waals surface area contributed by atoms with Crippen LogP contribution in [0.4, 0.5) is 0 Å². The Morgan fingerprint density at radius 1 is 1.17 bits per heavy atom. The van der Waals surface area contributed by atoms with Crippen LogP contribution in [-0.4, -0.2) is 54.7 Å². The molecule has 1 N–H and O–H groups in total. The highest BCUT2D eigenvalue weighted by Gasteiger charge is 2.73. The van der Waals surface area contributed by atoms with E-state index < -0.39 is 53.5 Å². The summed E-state index contributed by atoms with van der Waals surface area (Å²) in [7, 11) is 1.52. The molecule has 4 rings (SSSR count). The summed E-state index contributed by atoms with van der Waals surface area (Å²) in [6.45, 7) is 7.12. The fraction of sp³-hybridized carbons (Fsp3) is 0.650. The molecular weight excluding hydrogens is 402 g/mol. The van der Waals surface area contributed by atoms with E-state index in [0.717, 1.165) is 0 Å². The minimum Gasteiger partial charge on any atom is -0.449 e. The lowest BCUT2D eigenvalue weighted by molar-refractivity contribution is -0.304. The van der Waals surface area contributed by atoms with E-state index in [4.69, 9.17) is 46.1 Å². The first-order chi connectivity index (χ1) is 13.5. The van der Waals surface area contributed by atoms with Crippen molar-refractivity contribution >= 4 is 17.5 Å². The van der Waals surface area contributed by atoms with E-state index >= 15 is 0 Å². The SMILES string of the molecule is C#CC(=O)N[C@H]1[C@@H]2OC(C)(C)O[C@@H]2[C@]2(OC)OC(C)(C)O[C@@H]2[C@@H]1c1ccc(Cl)o1. The lowest BCUT2D eigenvalue weighted by atomic mass is 9.73. The number of amides is 1. The van der Waals surface area contributed by atoms with Gasteiger partial charge in [-0.15, -0.1) is 6.42 Å². The summed E-state index contributed by atoms with van der Waals surface area (Å²) < 4.78 is 36.5. The molecular formula is C20H24ClNO7. The molecule has 1 aromatic rings. The zero-order valence-electron chi connectivity index (χ0n) is 16.9. The number of halogens is 1. The van der Waals surface area contributed by atoms with Crippen LogP contribution < -0.4 is 5.32 Å². The van der Waals surface area contributed by atoms with Crippen LogP contribution in [0.3, 0.4) is 0 Å². The third-order valence-electron chi connectivity index (χ3n) is 5.48. The Kier molecular flexibility index (Phi) is 4.78. The lowest BCUT2D eigenvalue weighted by Gasteiger charge is -2.48. The Hall–Kier alpha value is -1.60. The van der Waals surface area contributed by atoms with Gasteiger partial charge in [-0.3, -0.25) is 4.79 Å². The van der Waals surface area contributed by atoms with Gasteiger partial charge in [0.2, 0.25) is 5.79 Å². The van der Waals surface area contributed by atoms with Gasteiger partial charge in [-0.2, -0.15) is 0 Å². The van der Waals surface area contributed by atoms with Crippen molar-refractivity contribution in [1.82, 2.24) is 5.32 Å². The molecule has 1 aromatic heterocycles. The molecule has 1 saturated carbocycles. The van der Waals surface area contributed by atoms with Gasteiger partial charge >= 0.3 is 0 Å². The van der Waals surface area contributed by atoms with Gasteiger partial charge in [-0.25, -0.2) is 0 Å². The van der Waals surface area contributed by atoms with Crippen molar-refractivity contribution in [1.29, 1.82) is 0 Å². The molecule has 2 aliphatic heterocycles. The fourth-order valence-electron chi connectivity index (χ4n) is 4.63. The zero-order valence-corrected chi connectivity index (χ0v) is 17.6. The van der Waals surface area contributed by atoms with E-state index in [0.29, 0.717) is 5.76 Å². The van der Waals surface area contributed by atoms with E-state index in [1.165, 1.54) is 7.11 Å². The van der Waals surface area contributed by atoms with Crippen molar-refractivity contribution in [2.45, 2.75) is 75.3 Å². The second-order valence-corrected chi connectivity index (χ2v) is 8.67. The summed E-state index contributed by atoms with van der Waals surface area (Å²) in [6, 6.07) is 2.70. The van der Waals surface area contributed by atoms with Gasteiger partial charge < -0.3 is 33.4 Å². The molecule has 2 saturated heterocycles. The normalized spacial score (nSPS) is 39.4. The van der Waals surface area contributed by atoms with E-state index in [9.17, 15) is 4.79 Å². The smallest absolute Gasteiger partial charge is 0.295 e. The molecule has 0 bridgehead atoms. The second kappa shape index (κ2) is 6.71. The molecule has 3 aliphatic rings. The quantitative estimate of drug-likeness (QED) is 0.742. The number of fused-ring (bicyclic) bond motifs is 3. The summed E-state index contributed by atoms with van der Waals surface area (Å²) in [5.74, 6) is -1.83. The molecule has 8 nitrogen and oxygen atoms in total. The Balaban J connectivity index is 1.88. The highest BCUT2D eigenvalue weighted by Crippen LogP contribution is 2.56. The number of hydrogen-bond donors (Lipinski definition) is 1. The van der Waals surface area contributed by atoms with Gasteiger partial charge in [0, 0.05) is 7.11 Å². The number of furan rings is 1. The zero-order chi connectivity index (χ0) is 21.2. The maximum atomic E-state index is 12.2. The molecule has 3 fully saturated rings. The molecule has 0 spiro atoms. The number of methoxy groups -OCH3 is 1. The van der Waals surface area contributed by atoms with Crippen molar-refractivity contribution in [3.05, 3.63) is 23.1 Å². The molecule has 1 aliphatic carbocycles. The van der Waals surface area contributed by atoms with Crippen LogP contribution in [0.5, 0.6) is 0 Å². The van der Waals surface area contributed by atoms with Crippen LogP contribution in [0, 0.1) is 12.3 Å². The maximum Gasteiger partial charge on any atom is 0.295 e. The first-order valence-corrected chi connectivity index (χ1v) is 9.71. The Morgan fingerprint density at radius 3 is 2.45 bits per heavy atom. The lowest BCUT2D eigenvalue weighted by Crippen LogP contribution is -2.69. The van der Waals surface area contributed by atoms with E-state index in [-0.39, 0.29) is 5.22 Å². The second-order valence-electron chi connectivity index (χ2n) is 8.30. The predicted molar refractivity (Wildman–Crippen MR) is 101 cm³/mol. The summed E-state index contributed by atoms with van der Waals surface area (Å²) in [4.78, 5) is 12.2. The molecule has 1 amide bonds. The molecule has 158 valence electrons. The topological polar surface area (TPSA) is 88.4 Å². The number of nitrogens with one attached hydrogen (secondary N) is 1. The molecule has 29 heavy (non-hydrogen) atoms. The van der Waals surface area contributed by atoms with Crippen molar-refractivity contribution in [2.24, 2.45) is 0 Å². The maximum absolute atomic E-state index is 12.2. The van der Waals surface area contributed by atoms with Gasteiger partial charge in [0.05, 0.1) is 12.0 Å². The van der Waals surface area contributed by atoms with Gasteiger partial charge in [0.25, 0.3) is 5.91 Å². The summed E-state index contributed by atoms with van der Waals surface area (Å²) in [6.07, 6.45) is 3.26. The third-order valence-corrected chi connectivity index (χ3v) is 5.68. The largest absolute Gasteiger partial charge is 0.449 e. The van der Waals surface area contributed by atoms with E-state index in [1.54, 1.807) is 39.8 Å².